The number of aromatic nitrogens is 1. The van der Waals surface area contributed by atoms with Crippen LogP contribution in [-0.4, -0.2) is 17.1 Å². The van der Waals surface area contributed by atoms with E-state index in [1.165, 1.54) is 0 Å². The zero-order valence-electron chi connectivity index (χ0n) is 11.4. The molecule has 0 aliphatic carbocycles. The molecule has 0 unspecified atom stereocenters. The molecule has 0 saturated heterocycles. The molecule has 2 aromatic rings. The van der Waals surface area contributed by atoms with Crippen molar-refractivity contribution in [3.8, 4) is 0 Å². The Labute approximate surface area is 107 Å². The van der Waals surface area contributed by atoms with Gasteiger partial charge in [-0.3, -0.25) is 0 Å². The number of nitrogens with zero attached hydrogens (tertiary/aromatic N) is 1. The lowest BCUT2D eigenvalue weighted by atomic mass is 10.1. The molecule has 1 heterocycles. The fourth-order valence-corrected chi connectivity index (χ4v) is 2.23. The van der Waals surface area contributed by atoms with Gasteiger partial charge in [0.25, 0.3) is 0 Å². The standard InChI is InChI=1S/C15H19NO2/c1-5-18-14(17)13-10-11-8-6-7-9-12(11)16(13)15(2,3)4/h6-10H,5H2,1-4H3. The van der Waals surface area contributed by atoms with E-state index in [2.05, 4.69) is 20.8 Å². The number of rotatable bonds is 2. The number of ether oxygens (including phenoxy) is 1. The minimum Gasteiger partial charge on any atom is -0.461 e. The second-order valence-electron chi connectivity index (χ2n) is 5.32. The lowest BCUT2D eigenvalue weighted by Gasteiger charge is -2.25. The van der Waals surface area contributed by atoms with E-state index in [1.807, 2.05) is 41.8 Å². The summed E-state index contributed by atoms with van der Waals surface area (Å²) in [5.74, 6) is -0.261. The van der Waals surface area contributed by atoms with Gasteiger partial charge in [-0.2, -0.15) is 0 Å². The summed E-state index contributed by atoms with van der Waals surface area (Å²) in [7, 11) is 0. The highest BCUT2D eigenvalue weighted by atomic mass is 16.5. The largest absolute Gasteiger partial charge is 0.461 e. The third kappa shape index (κ3) is 2.13. The van der Waals surface area contributed by atoms with Crippen LogP contribution < -0.4 is 0 Å². The quantitative estimate of drug-likeness (QED) is 0.757. The molecule has 2 rings (SSSR count). The average molecular weight is 245 g/mol. The number of esters is 1. The van der Waals surface area contributed by atoms with E-state index in [-0.39, 0.29) is 11.5 Å². The zero-order valence-corrected chi connectivity index (χ0v) is 11.4. The van der Waals surface area contributed by atoms with Crippen molar-refractivity contribution < 1.29 is 9.53 Å². The molecule has 0 N–H and O–H groups in total. The molecule has 0 aliphatic heterocycles. The SMILES string of the molecule is CCOC(=O)c1cc2ccccc2n1C(C)(C)C. The molecule has 3 heteroatoms. The van der Waals surface area contributed by atoms with Crippen molar-refractivity contribution in [1.29, 1.82) is 0 Å². The van der Waals surface area contributed by atoms with Crippen LogP contribution in [-0.2, 0) is 10.3 Å². The Morgan fingerprint density at radius 1 is 1.28 bits per heavy atom. The topological polar surface area (TPSA) is 31.2 Å². The number of benzene rings is 1. The first-order chi connectivity index (χ1) is 8.45. The lowest BCUT2D eigenvalue weighted by molar-refractivity contribution is 0.0508. The third-order valence-corrected chi connectivity index (χ3v) is 2.87. The van der Waals surface area contributed by atoms with E-state index in [0.717, 1.165) is 10.9 Å². The van der Waals surface area contributed by atoms with E-state index in [9.17, 15) is 4.79 Å². The van der Waals surface area contributed by atoms with Crippen LogP contribution >= 0.6 is 0 Å². The Morgan fingerprint density at radius 3 is 2.56 bits per heavy atom. The molecule has 3 nitrogen and oxygen atoms in total. The van der Waals surface area contributed by atoms with Crippen LogP contribution in [0.5, 0.6) is 0 Å². The molecule has 18 heavy (non-hydrogen) atoms. The summed E-state index contributed by atoms with van der Waals surface area (Å²) in [6.07, 6.45) is 0. The van der Waals surface area contributed by atoms with Gasteiger partial charge in [0, 0.05) is 16.4 Å². The second-order valence-corrected chi connectivity index (χ2v) is 5.32. The van der Waals surface area contributed by atoms with Crippen molar-refractivity contribution >= 4 is 16.9 Å². The maximum absolute atomic E-state index is 12.0. The summed E-state index contributed by atoms with van der Waals surface area (Å²) in [6, 6.07) is 9.91. The molecule has 1 aromatic heterocycles. The molecular formula is C15H19NO2. The van der Waals surface area contributed by atoms with Crippen molar-refractivity contribution in [1.82, 2.24) is 4.57 Å². The van der Waals surface area contributed by atoms with Crippen LogP contribution in [0.4, 0.5) is 0 Å². The fourth-order valence-electron chi connectivity index (χ4n) is 2.23. The van der Waals surface area contributed by atoms with Crippen molar-refractivity contribution in [3.63, 3.8) is 0 Å². The summed E-state index contributed by atoms with van der Waals surface area (Å²) in [5, 5.41) is 1.07. The van der Waals surface area contributed by atoms with Crippen LogP contribution in [0.3, 0.4) is 0 Å². The van der Waals surface area contributed by atoms with E-state index >= 15 is 0 Å². The number of fused-ring (bicyclic) bond motifs is 1. The van der Waals surface area contributed by atoms with Gasteiger partial charge in [0.1, 0.15) is 5.69 Å². The monoisotopic (exact) mass is 245 g/mol. The first-order valence-corrected chi connectivity index (χ1v) is 6.23. The van der Waals surface area contributed by atoms with Gasteiger partial charge in [-0.25, -0.2) is 4.79 Å². The number of hydrogen-bond acceptors (Lipinski definition) is 2. The number of carbonyl (C=O) groups is 1. The Hall–Kier alpha value is -1.77. The molecule has 0 amide bonds. The van der Waals surface area contributed by atoms with Gasteiger partial charge in [0.2, 0.25) is 0 Å². The molecule has 0 radical (unpaired) electrons. The van der Waals surface area contributed by atoms with Crippen molar-refractivity contribution in [2.24, 2.45) is 0 Å². The summed E-state index contributed by atoms with van der Waals surface area (Å²) < 4.78 is 7.18. The van der Waals surface area contributed by atoms with Gasteiger partial charge in [-0.05, 0) is 39.8 Å². The minimum atomic E-state index is -0.261. The normalized spacial score (nSPS) is 11.8. The summed E-state index contributed by atoms with van der Waals surface area (Å²) >= 11 is 0. The highest BCUT2D eigenvalue weighted by molar-refractivity contribution is 5.95. The predicted octanol–water partition coefficient (Wildman–Crippen LogP) is 3.57. The second kappa shape index (κ2) is 4.48. The molecule has 0 aliphatic rings. The first kappa shape index (κ1) is 12.7. The molecule has 0 bridgehead atoms. The number of carbonyl (C=O) groups excluding carboxylic acids is 1. The minimum absolute atomic E-state index is 0.162. The van der Waals surface area contributed by atoms with Gasteiger partial charge >= 0.3 is 5.97 Å². The van der Waals surface area contributed by atoms with E-state index < -0.39 is 0 Å². The molecular weight excluding hydrogens is 226 g/mol. The van der Waals surface area contributed by atoms with Gasteiger partial charge in [0.05, 0.1) is 6.61 Å². The summed E-state index contributed by atoms with van der Waals surface area (Å²) in [5.41, 5.74) is 1.52. The maximum Gasteiger partial charge on any atom is 0.354 e. The van der Waals surface area contributed by atoms with Crippen molar-refractivity contribution in [2.45, 2.75) is 33.2 Å². The smallest absolute Gasteiger partial charge is 0.354 e. The average Bonchev–Trinajstić information content (AvgIpc) is 2.68. The van der Waals surface area contributed by atoms with Crippen LogP contribution in [0.25, 0.3) is 10.9 Å². The molecule has 0 atom stereocenters. The van der Waals surface area contributed by atoms with Gasteiger partial charge in [-0.1, -0.05) is 18.2 Å². The van der Waals surface area contributed by atoms with Gasteiger partial charge < -0.3 is 9.30 Å². The molecule has 96 valence electrons. The van der Waals surface area contributed by atoms with Crippen LogP contribution in [0.15, 0.2) is 30.3 Å². The van der Waals surface area contributed by atoms with E-state index in [4.69, 9.17) is 4.74 Å². The van der Waals surface area contributed by atoms with Gasteiger partial charge in [0.15, 0.2) is 0 Å². The Kier molecular flexibility index (Phi) is 3.16. The van der Waals surface area contributed by atoms with Crippen molar-refractivity contribution in [2.75, 3.05) is 6.61 Å². The fraction of sp³-hybridized carbons (Fsp3) is 0.400. The molecule has 0 spiro atoms. The first-order valence-electron chi connectivity index (χ1n) is 6.23. The summed E-state index contributed by atoms with van der Waals surface area (Å²) in [4.78, 5) is 12.0. The summed E-state index contributed by atoms with van der Waals surface area (Å²) in [6.45, 7) is 8.47. The van der Waals surface area contributed by atoms with Crippen LogP contribution in [0.2, 0.25) is 0 Å². The van der Waals surface area contributed by atoms with E-state index in [0.29, 0.717) is 12.3 Å². The molecule has 0 saturated carbocycles. The van der Waals surface area contributed by atoms with Gasteiger partial charge in [-0.15, -0.1) is 0 Å². The Morgan fingerprint density at radius 2 is 1.94 bits per heavy atom. The lowest BCUT2D eigenvalue weighted by Crippen LogP contribution is -2.26. The maximum atomic E-state index is 12.0. The highest BCUT2D eigenvalue weighted by Crippen LogP contribution is 2.27. The highest BCUT2D eigenvalue weighted by Gasteiger charge is 2.24. The third-order valence-electron chi connectivity index (χ3n) is 2.87. The van der Waals surface area contributed by atoms with Crippen molar-refractivity contribution in [3.05, 3.63) is 36.0 Å². The molecule has 0 fully saturated rings. The Bertz CT molecular complexity index is 576. The van der Waals surface area contributed by atoms with Crippen LogP contribution in [0.1, 0.15) is 38.2 Å². The zero-order chi connectivity index (χ0) is 13.3. The Balaban J connectivity index is 2.68. The molecule has 1 aromatic carbocycles. The van der Waals surface area contributed by atoms with Crippen LogP contribution in [0, 0.1) is 0 Å². The number of para-hydroxylation sites is 1. The number of hydrogen-bond donors (Lipinski definition) is 0. The predicted molar refractivity (Wildman–Crippen MR) is 72.9 cm³/mol. The van der Waals surface area contributed by atoms with E-state index in [1.54, 1.807) is 0 Å².